The SMILES string of the molecule is O=S(=O)(C1CCNCC1)N1CC=CC1. The van der Waals surface area contributed by atoms with Crippen molar-refractivity contribution in [2.24, 2.45) is 0 Å². The third-order valence-electron chi connectivity index (χ3n) is 2.85. The third kappa shape index (κ3) is 1.85. The molecule has 80 valence electrons. The van der Waals surface area contributed by atoms with Gasteiger partial charge in [-0.25, -0.2) is 8.42 Å². The summed E-state index contributed by atoms with van der Waals surface area (Å²) in [6.45, 7) is 2.77. The minimum absolute atomic E-state index is 0.163. The number of hydrogen-bond donors (Lipinski definition) is 1. The minimum Gasteiger partial charge on any atom is -0.317 e. The number of hydrogen-bond acceptors (Lipinski definition) is 3. The first-order chi connectivity index (χ1) is 6.71. The van der Waals surface area contributed by atoms with Gasteiger partial charge in [0.2, 0.25) is 10.0 Å². The number of rotatable bonds is 2. The van der Waals surface area contributed by atoms with E-state index in [1.165, 1.54) is 0 Å². The maximum Gasteiger partial charge on any atom is 0.217 e. The van der Waals surface area contributed by atoms with Gasteiger partial charge in [0.05, 0.1) is 5.25 Å². The number of sulfonamides is 1. The second-order valence-electron chi connectivity index (χ2n) is 3.78. The summed E-state index contributed by atoms with van der Waals surface area (Å²) in [5.74, 6) is 0. The van der Waals surface area contributed by atoms with Gasteiger partial charge in [0.15, 0.2) is 0 Å². The lowest BCUT2D eigenvalue weighted by atomic mass is 10.2. The summed E-state index contributed by atoms with van der Waals surface area (Å²) in [5.41, 5.74) is 0. The zero-order valence-electron chi connectivity index (χ0n) is 8.15. The molecular weight excluding hydrogens is 200 g/mol. The lowest BCUT2D eigenvalue weighted by molar-refractivity contribution is 0.441. The molecule has 1 saturated heterocycles. The Morgan fingerprint density at radius 3 is 2.29 bits per heavy atom. The second kappa shape index (κ2) is 4.00. The van der Waals surface area contributed by atoms with Gasteiger partial charge >= 0.3 is 0 Å². The zero-order chi connectivity index (χ0) is 10.0. The maximum atomic E-state index is 12.0. The molecular formula is C9H16N2O2S. The highest BCUT2D eigenvalue weighted by Crippen LogP contribution is 2.19. The predicted molar refractivity (Wildman–Crippen MR) is 55.5 cm³/mol. The fourth-order valence-electron chi connectivity index (χ4n) is 1.97. The van der Waals surface area contributed by atoms with Crippen molar-refractivity contribution in [3.63, 3.8) is 0 Å². The molecule has 0 aromatic heterocycles. The molecule has 0 aliphatic carbocycles. The van der Waals surface area contributed by atoms with Crippen LogP contribution in [-0.4, -0.2) is 44.2 Å². The van der Waals surface area contributed by atoms with Crippen molar-refractivity contribution in [1.82, 2.24) is 9.62 Å². The van der Waals surface area contributed by atoms with Crippen molar-refractivity contribution in [2.75, 3.05) is 26.2 Å². The van der Waals surface area contributed by atoms with Crippen molar-refractivity contribution >= 4 is 10.0 Å². The van der Waals surface area contributed by atoms with Crippen molar-refractivity contribution in [1.29, 1.82) is 0 Å². The Kier molecular flexibility index (Phi) is 2.90. The van der Waals surface area contributed by atoms with Crippen molar-refractivity contribution in [3.8, 4) is 0 Å². The molecule has 1 fully saturated rings. The molecule has 0 saturated carbocycles. The number of piperidine rings is 1. The molecule has 2 aliphatic heterocycles. The van der Waals surface area contributed by atoms with Crippen LogP contribution in [0, 0.1) is 0 Å². The van der Waals surface area contributed by atoms with Crippen LogP contribution in [-0.2, 0) is 10.0 Å². The summed E-state index contributed by atoms with van der Waals surface area (Å²) >= 11 is 0. The van der Waals surface area contributed by atoms with Crippen LogP contribution in [0.5, 0.6) is 0 Å². The van der Waals surface area contributed by atoms with E-state index in [-0.39, 0.29) is 5.25 Å². The topological polar surface area (TPSA) is 49.4 Å². The van der Waals surface area contributed by atoms with Gasteiger partial charge in [0, 0.05) is 13.1 Å². The molecule has 2 aliphatic rings. The molecule has 1 N–H and O–H groups in total. The molecule has 0 unspecified atom stereocenters. The lowest BCUT2D eigenvalue weighted by Gasteiger charge is -2.27. The first kappa shape index (κ1) is 10.1. The highest BCUT2D eigenvalue weighted by Gasteiger charge is 2.32. The molecule has 2 rings (SSSR count). The van der Waals surface area contributed by atoms with E-state index in [1.54, 1.807) is 4.31 Å². The summed E-state index contributed by atoms with van der Waals surface area (Å²) < 4.78 is 25.7. The van der Waals surface area contributed by atoms with Crippen LogP contribution in [0.15, 0.2) is 12.2 Å². The van der Waals surface area contributed by atoms with Crippen LogP contribution < -0.4 is 5.32 Å². The Morgan fingerprint density at radius 2 is 1.71 bits per heavy atom. The van der Waals surface area contributed by atoms with E-state index in [0.29, 0.717) is 13.1 Å². The second-order valence-corrected chi connectivity index (χ2v) is 6.00. The molecule has 4 nitrogen and oxygen atoms in total. The van der Waals surface area contributed by atoms with Crippen LogP contribution in [0.4, 0.5) is 0 Å². The van der Waals surface area contributed by atoms with Gasteiger partial charge in [-0.2, -0.15) is 4.31 Å². The fourth-order valence-corrected chi connectivity index (χ4v) is 3.81. The monoisotopic (exact) mass is 216 g/mol. The van der Waals surface area contributed by atoms with Crippen LogP contribution in [0.1, 0.15) is 12.8 Å². The first-order valence-corrected chi connectivity index (χ1v) is 6.56. The largest absolute Gasteiger partial charge is 0.317 e. The maximum absolute atomic E-state index is 12.0. The van der Waals surface area contributed by atoms with Crippen LogP contribution >= 0.6 is 0 Å². The smallest absolute Gasteiger partial charge is 0.217 e. The molecule has 0 aromatic carbocycles. The van der Waals surface area contributed by atoms with Gasteiger partial charge in [-0.3, -0.25) is 0 Å². The summed E-state index contributed by atoms with van der Waals surface area (Å²) in [7, 11) is -3.03. The van der Waals surface area contributed by atoms with E-state index in [4.69, 9.17) is 0 Å². The highest BCUT2D eigenvalue weighted by atomic mass is 32.2. The van der Waals surface area contributed by atoms with Gasteiger partial charge < -0.3 is 5.32 Å². The molecule has 2 heterocycles. The van der Waals surface area contributed by atoms with Crippen molar-refractivity contribution in [2.45, 2.75) is 18.1 Å². The molecule has 0 radical (unpaired) electrons. The van der Waals surface area contributed by atoms with E-state index in [9.17, 15) is 8.42 Å². The normalized spacial score (nSPS) is 25.7. The average molecular weight is 216 g/mol. The lowest BCUT2D eigenvalue weighted by Crippen LogP contribution is -2.43. The van der Waals surface area contributed by atoms with Crippen LogP contribution in [0.25, 0.3) is 0 Å². The van der Waals surface area contributed by atoms with Gasteiger partial charge in [0.1, 0.15) is 0 Å². The van der Waals surface area contributed by atoms with Gasteiger partial charge in [-0.15, -0.1) is 0 Å². The quantitative estimate of drug-likeness (QED) is 0.658. The first-order valence-electron chi connectivity index (χ1n) is 5.06. The molecule has 0 amide bonds. The molecule has 0 spiro atoms. The van der Waals surface area contributed by atoms with Gasteiger partial charge in [-0.05, 0) is 25.9 Å². The third-order valence-corrected chi connectivity index (χ3v) is 5.18. The molecule has 0 atom stereocenters. The molecule has 5 heteroatoms. The summed E-state index contributed by atoms with van der Waals surface area (Å²) in [5, 5.41) is 3.02. The summed E-state index contributed by atoms with van der Waals surface area (Å²) in [6, 6.07) is 0. The van der Waals surface area contributed by atoms with Crippen molar-refractivity contribution in [3.05, 3.63) is 12.2 Å². The van der Waals surface area contributed by atoms with Crippen molar-refractivity contribution < 1.29 is 8.42 Å². The standard InChI is InChI=1S/C9H16N2O2S/c12-14(13,11-7-1-2-8-11)9-3-5-10-6-4-9/h1-2,9-10H,3-8H2. The van der Waals surface area contributed by atoms with Crippen LogP contribution in [0.2, 0.25) is 0 Å². The Balaban J connectivity index is 2.06. The molecule has 0 aromatic rings. The summed E-state index contributed by atoms with van der Waals surface area (Å²) in [4.78, 5) is 0. The Hall–Kier alpha value is -0.390. The predicted octanol–water partition coefficient (Wildman–Crippen LogP) is -0.0600. The Labute approximate surface area is 85.0 Å². The van der Waals surface area contributed by atoms with Crippen LogP contribution in [0.3, 0.4) is 0 Å². The zero-order valence-corrected chi connectivity index (χ0v) is 8.96. The Bertz CT molecular complexity index is 310. The van der Waals surface area contributed by atoms with E-state index >= 15 is 0 Å². The fraction of sp³-hybridized carbons (Fsp3) is 0.778. The van der Waals surface area contributed by atoms with Gasteiger partial charge in [-0.1, -0.05) is 12.2 Å². The highest BCUT2D eigenvalue weighted by molar-refractivity contribution is 7.89. The van der Waals surface area contributed by atoms with Gasteiger partial charge in [0.25, 0.3) is 0 Å². The van der Waals surface area contributed by atoms with E-state index in [1.807, 2.05) is 12.2 Å². The molecule has 0 bridgehead atoms. The Morgan fingerprint density at radius 1 is 1.14 bits per heavy atom. The minimum atomic E-state index is -3.03. The molecule has 14 heavy (non-hydrogen) atoms. The number of nitrogens with one attached hydrogen (secondary N) is 1. The van der Waals surface area contributed by atoms with E-state index in [0.717, 1.165) is 25.9 Å². The average Bonchev–Trinajstić information content (AvgIpc) is 2.72. The van der Waals surface area contributed by atoms with E-state index < -0.39 is 10.0 Å². The summed E-state index contributed by atoms with van der Waals surface area (Å²) in [6.07, 6.45) is 5.33. The van der Waals surface area contributed by atoms with E-state index in [2.05, 4.69) is 5.32 Å². The number of nitrogens with zero attached hydrogens (tertiary/aromatic N) is 1.